The molecule has 1 aliphatic heterocycles. The standard InChI is InChI=1S/C22H25N3O2.C2H6.H2/c1-13(15(3)26)9-18-14(2)10-21-17(18)5-4-8-25(21)22(27)16-6-7-19-20(11-16)24-12-23-19;1-2;/h6-7,9,11-12,17,21H,4-5,8,10H2,1-3H3,(H,23,24);1-2H3;1H/b13-9+;;. The van der Waals surface area contributed by atoms with Crippen molar-refractivity contribution in [3.8, 4) is 0 Å². The highest BCUT2D eigenvalue weighted by atomic mass is 16.2. The maximum absolute atomic E-state index is 13.3. The number of carbonyl (C=O) groups is 2. The summed E-state index contributed by atoms with van der Waals surface area (Å²) in [6.45, 7) is 10.4. The third-order valence-corrected chi connectivity index (χ3v) is 6.04. The Kier molecular flexibility index (Phi) is 6.36. The van der Waals surface area contributed by atoms with Crippen molar-refractivity contribution in [2.45, 2.75) is 59.9 Å². The van der Waals surface area contributed by atoms with Crippen LogP contribution < -0.4 is 0 Å². The SMILES string of the molecule is CC.CC(=O)/C(C)=C/C1=C(C)CC2C1CCCN2C(=O)c1ccc2nc[nH]c2c1.[HH]. The Balaban J connectivity index is 0.00000104. The number of benzene rings is 1. The van der Waals surface area contributed by atoms with E-state index in [1.807, 2.05) is 49.9 Å². The normalized spacial score (nSPS) is 21.7. The molecule has 5 heteroatoms. The predicted octanol–water partition coefficient (Wildman–Crippen LogP) is 5.31. The summed E-state index contributed by atoms with van der Waals surface area (Å²) in [4.78, 5) is 34.3. The van der Waals surface area contributed by atoms with Gasteiger partial charge >= 0.3 is 0 Å². The third kappa shape index (κ3) is 4.04. The Morgan fingerprint density at radius 3 is 2.76 bits per heavy atom. The number of amides is 1. The van der Waals surface area contributed by atoms with E-state index in [1.54, 1.807) is 13.3 Å². The van der Waals surface area contributed by atoms with Crippen LogP contribution in [-0.2, 0) is 4.79 Å². The quantitative estimate of drug-likeness (QED) is 0.716. The third-order valence-electron chi connectivity index (χ3n) is 6.04. The molecule has 156 valence electrons. The molecule has 1 aromatic heterocycles. The van der Waals surface area contributed by atoms with Crippen LogP contribution in [0.4, 0.5) is 0 Å². The minimum atomic E-state index is 0. The highest BCUT2D eigenvalue weighted by Crippen LogP contribution is 2.42. The summed E-state index contributed by atoms with van der Waals surface area (Å²) in [7, 11) is 0. The molecule has 4 rings (SSSR count). The molecule has 1 aromatic carbocycles. The van der Waals surface area contributed by atoms with E-state index in [-0.39, 0.29) is 19.2 Å². The topological polar surface area (TPSA) is 66.1 Å². The average molecular weight is 396 g/mol. The van der Waals surface area contributed by atoms with Gasteiger partial charge in [0.05, 0.1) is 17.4 Å². The van der Waals surface area contributed by atoms with Gasteiger partial charge < -0.3 is 9.88 Å². The average Bonchev–Trinajstić information content (AvgIpc) is 3.32. The first kappa shape index (κ1) is 21.0. The molecular formula is C24H33N3O2. The van der Waals surface area contributed by atoms with Crippen LogP contribution in [0.5, 0.6) is 0 Å². The molecule has 1 aliphatic carbocycles. The van der Waals surface area contributed by atoms with Crippen molar-refractivity contribution < 1.29 is 11.0 Å². The zero-order valence-electron chi connectivity index (χ0n) is 18.1. The number of hydrogen-bond donors (Lipinski definition) is 1. The van der Waals surface area contributed by atoms with E-state index in [0.717, 1.165) is 42.4 Å². The highest BCUT2D eigenvalue weighted by molar-refractivity contribution is 5.97. The van der Waals surface area contributed by atoms with Crippen molar-refractivity contribution in [1.29, 1.82) is 0 Å². The second-order valence-corrected chi connectivity index (χ2v) is 7.77. The van der Waals surface area contributed by atoms with Crippen LogP contribution in [0, 0.1) is 5.92 Å². The Labute approximate surface area is 174 Å². The van der Waals surface area contributed by atoms with E-state index in [4.69, 9.17) is 0 Å². The van der Waals surface area contributed by atoms with Gasteiger partial charge in [-0.2, -0.15) is 0 Å². The second-order valence-electron chi connectivity index (χ2n) is 7.77. The van der Waals surface area contributed by atoms with Gasteiger partial charge in [-0.1, -0.05) is 25.5 Å². The summed E-state index contributed by atoms with van der Waals surface area (Å²) in [5.41, 5.74) is 5.81. The van der Waals surface area contributed by atoms with Gasteiger partial charge in [0.2, 0.25) is 0 Å². The molecule has 2 unspecified atom stereocenters. The molecule has 1 N–H and O–H groups in total. The van der Waals surface area contributed by atoms with E-state index >= 15 is 0 Å². The summed E-state index contributed by atoms with van der Waals surface area (Å²) in [5.74, 6) is 0.519. The van der Waals surface area contributed by atoms with Gasteiger partial charge in [-0.25, -0.2) is 4.98 Å². The van der Waals surface area contributed by atoms with Crippen molar-refractivity contribution in [3.05, 3.63) is 52.9 Å². The summed E-state index contributed by atoms with van der Waals surface area (Å²) in [6.07, 6.45) is 6.65. The Hall–Kier alpha value is -2.69. The lowest BCUT2D eigenvalue weighted by molar-refractivity contribution is -0.113. The molecule has 0 bridgehead atoms. The van der Waals surface area contributed by atoms with Crippen LogP contribution in [0.25, 0.3) is 11.0 Å². The monoisotopic (exact) mass is 395 g/mol. The van der Waals surface area contributed by atoms with E-state index in [0.29, 0.717) is 11.5 Å². The number of H-pyrrole nitrogens is 1. The van der Waals surface area contributed by atoms with Crippen LogP contribution in [-0.4, -0.2) is 39.1 Å². The number of aromatic amines is 1. The maximum atomic E-state index is 13.3. The largest absolute Gasteiger partial charge is 0.345 e. The molecule has 1 fully saturated rings. The van der Waals surface area contributed by atoms with Crippen LogP contribution in [0.15, 0.2) is 47.3 Å². The number of ketones is 1. The van der Waals surface area contributed by atoms with E-state index in [2.05, 4.69) is 16.9 Å². The number of imidazole rings is 1. The molecule has 1 amide bonds. The Morgan fingerprint density at radius 1 is 1.28 bits per heavy atom. The fourth-order valence-electron chi connectivity index (χ4n) is 4.47. The van der Waals surface area contributed by atoms with Crippen molar-refractivity contribution in [2.75, 3.05) is 6.54 Å². The van der Waals surface area contributed by atoms with Gasteiger partial charge in [-0.3, -0.25) is 9.59 Å². The number of Topliss-reactive ketones (excluding diaryl/α,β-unsaturated/α-hetero) is 1. The number of hydrogen-bond acceptors (Lipinski definition) is 3. The first-order chi connectivity index (χ1) is 14.0. The van der Waals surface area contributed by atoms with Crippen molar-refractivity contribution in [3.63, 3.8) is 0 Å². The molecule has 2 atom stereocenters. The fourth-order valence-corrected chi connectivity index (χ4v) is 4.47. The molecule has 0 spiro atoms. The smallest absolute Gasteiger partial charge is 0.254 e. The first-order valence-electron chi connectivity index (χ1n) is 10.6. The highest BCUT2D eigenvalue weighted by Gasteiger charge is 2.40. The van der Waals surface area contributed by atoms with Crippen LogP contribution >= 0.6 is 0 Å². The second kappa shape index (κ2) is 8.76. The van der Waals surface area contributed by atoms with Crippen molar-refractivity contribution >= 4 is 22.7 Å². The molecule has 1 saturated heterocycles. The van der Waals surface area contributed by atoms with Gasteiger partial charge in [-0.15, -0.1) is 0 Å². The lowest BCUT2D eigenvalue weighted by atomic mass is 9.86. The molecule has 0 saturated carbocycles. The minimum absolute atomic E-state index is 0. The summed E-state index contributed by atoms with van der Waals surface area (Å²) in [6, 6.07) is 5.84. The number of rotatable bonds is 3. The number of likely N-dealkylation sites (tertiary alicyclic amines) is 1. The van der Waals surface area contributed by atoms with Crippen molar-refractivity contribution in [2.24, 2.45) is 5.92 Å². The molecule has 2 heterocycles. The van der Waals surface area contributed by atoms with Gasteiger partial charge in [0.15, 0.2) is 5.78 Å². The van der Waals surface area contributed by atoms with Gasteiger partial charge in [-0.05, 0) is 69.4 Å². The number of aromatic nitrogens is 2. The fraction of sp³-hybridized carbons (Fsp3) is 0.458. The number of allylic oxidation sites excluding steroid dienone is 2. The summed E-state index contributed by atoms with van der Waals surface area (Å²) in [5, 5.41) is 0. The van der Waals surface area contributed by atoms with Crippen molar-refractivity contribution in [1.82, 2.24) is 14.9 Å². The first-order valence-corrected chi connectivity index (χ1v) is 10.6. The molecule has 5 nitrogen and oxygen atoms in total. The van der Waals surface area contributed by atoms with E-state index in [1.165, 1.54) is 11.1 Å². The summed E-state index contributed by atoms with van der Waals surface area (Å²) >= 11 is 0. The summed E-state index contributed by atoms with van der Waals surface area (Å²) < 4.78 is 0. The molecule has 29 heavy (non-hydrogen) atoms. The van der Waals surface area contributed by atoms with E-state index in [9.17, 15) is 9.59 Å². The molecule has 2 aromatic rings. The zero-order valence-corrected chi connectivity index (χ0v) is 18.1. The number of nitrogens with zero attached hydrogens (tertiary/aromatic N) is 2. The minimum Gasteiger partial charge on any atom is -0.345 e. The number of nitrogens with one attached hydrogen (secondary N) is 1. The van der Waals surface area contributed by atoms with Crippen LogP contribution in [0.2, 0.25) is 0 Å². The van der Waals surface area contributed by atoms with Gasteiger partial charge in [0.1, 0.15) is 0 Å². The molecule has 2 aliphatic rings. The Bertz CT molecular complexity index is 989. The maximum Gasteiger partial charge on any atom is 0.254 e. The predicted molar refractivity (Wildman–Crippen MR) is 119 cm³/mol. The molecule has 0 radical (unpaired) electrons. The zero-order chi connectivity index (χ0) is 21.1. The number of piperidine rings is 1. The Morgan fingerprint density at radius 2 is 2.03 bits per heavy atom. The molecular weight excluding hydrogens is 362 g/mol. The van der Waals surface area contributed by atoms with Gasteiger partial charge in [0, 0.05) is 25.5 Å². The lowest BCUT2D eigenvalue weighted by Gasteiger charge is -2.39. The van der Waals surface area contributed by atoms with Crippen LogP contribution in [0.1, 0.15) is 65.7 Å². The lowest BCUT2D eigenvalue weighted by Crippen LogP contribution is -2.47. The number of fused-ring (bicyclic) bond motifs is 2. The van der Waals surface area contributed by atoms with Gasteiger partial charge in [0.25, 0.3) is 5.91 Å². The van der Waals surface area contributed by atoms with E-state index < -0.39 is 0 Å². The number of carbonyl (C=O) groups excluding carboxylic acids is 2. The van der Waals surface area contributed by atoms with Crippen LogP contribution in [0.3, 0.4) is 0 Å².